The van der Waals surface area contributed by atoms with Crippen LogP contribution in [0.25, 0.3) is 10.8 Å². The van der Waals surface area contributed by atoms with Gasteiger partial charge in [0.05, 0.1) is 23.6 Å². The van der Waals surface area contributed by atoms with Gasteiger partial charge in [-0.2, -0.15) is 26.3 Å². The first-order chi connectivity index (χ1) is 15.9. The molecule has 10 heteroatoms. The van der Waals surface area contributed by atoms with E-state index in [1.54, 1.807) is 24.3 Å². The topological polar surface area (TPSA) is 46.6 Å². The van der Waals surface area contributed by atoms with Crippen LogP contribution in [-0.4, -0.2) is 22.9 Å². The summed E-state index contributed by atoms with van der Waals surface area (Å²) >= 11 is 0. The molecule has 0 bridgehead atoms. The molecule has 2 amide bonds. The number of imide groups is 1. The van der Waals surface area contributed by atoms with E-state index in [0.717, 1.165) is 15.7 Å². The first-order valence-electron chi connectivity index (χ1n) is 10.1. The van der Waals surface area contributed by atoms with E-state index in [2.05, 4.69) is 0 Å². The monoisotopic (exact) mass is 481 g/mol. The highest BCUT2D eigenvalue weighted by Gasteiger charge is 2.45. The molecule has 0 saturated carbocycles. The molecule has 1 saturated heterocycles. The van der Waals surface area contributed by atoms with Gasteiger partial charge in [0.1, 0.15) is 6.10 Å². The molecule has 0 aromatic heterocycles. The minimum absolute atomic E-state index is 0.00558. The Morgan fingerprint density at radius 3 is 2.12 bits per heavy atom. The summed E-state index contributed by atoms with van der Waals surface area (Å²) in [5.41, 5.74) is -2.93. The Bertz CT molecular complexity index is 1230. The highest BCUT2D eigenvalue weighted by molar-refractivity contribution is 5.97. The smallest absolute Gasteiger partial charge is 0.417 e. The van der Waals surface area contributed by atoms with Gasteiger partial charge in [0.2, 0.25) is 5.91 Å². The molecule has 4 rings (SSSR count). The molecule has 0 unspecified atom stereocenters. The summed E-state index contributed by atoms with van der Waals surface area (Å²) in [4.78, 5) is 26.2. The van der Waals surface area contributed by atoms with Crippen molar-refractivity contribution in [1.82, 2.24) is 4.90 Å². The number of rotatable bonds is 3. The first kappa shape index (κ1) is 23.6. The Morgan fingerprint density at radius 1 is 0.912 bits per heavy atom. The van der Waals surface area contributed by atoms with Gasteiger partial charge in [-0.3, -0.25) is 4.79 Å². The van der Waals surface area contributed by atoms with Crippen molar-refractivity contribution >= 4 is 22.8 Å². The first-order valence-corrected chi connectivity index (χ1v) is 10.1. The molecule has 3 aromatic carbocycles. The van der Waals surface area contributed by atoms with Gasteiger partial charge in [0, 0.05) is 0 Å². The third-order valence-electron chi connectivity index (χ3n) is 5.70. The van der Waals surface area contributed by atoms with Gasteiger partial charge in [-0.05, 0) is 47.0 Å². The zero-order valence-corrected chi connectivity index (χ0v) is 17.6. The SMILES string of the molecule is C[C@H]1[C@@H](c2cc(C(F)(F)F)cc(C(F)(F)F)c2)OC(=O)N1C(=O)Cc1cccc2ccccc12. The summed E-state index contributed by atoms with van der Waals surface area (Å²) in [5, 5.41) is 1.65. The maximum Gasteiger partial charge on any atom is 0.417 e. The van der Waals surface area contributed by atoms with Crippen LogP contribution in [0.15, 0.2) is 60.7 Å². The average Bonchev–Trinajstić information content (AvgIpc) is 3.06. The van der Waals surface area contributed by atoms with E-state index in [1.165, 1.54) is 6.92 Å². The number of cyclic esters (lactones) is 1. The molecular weight excluding hydrogens is 464 g/mol. The molecule has 1 aliphatic heterocycles. The lowest BCUT2D eigenvalue weighted by atomic mass is 9.97. The van der Waals surface area contributed by atoms with E-state index >= 15 is 0 Å². The molecule has 0 aliphatic carbocycles. The van der Waals surface area contributed by atoms with Gasteiger partial charge < -0.3 is 4.74 Å². The van der Waals surface area contributed by atoms with Crippen LogP contribution in [0.4, 0.5) is 31.1 Å². The van der Waals surface area contributed by atoms with Crippen LogP contribution >= 0.6 is 0 Å². The van der Waals surface area contributed by atoms with Crippen LogP contribution in [0.5, 0.6) is 0 Å². The Hall–Kier alpha value is -3.56. The second-order valence-corrected chi connectivity index (χ2v) is 7.96. The van der Waals surface area contributed by atoms with Crippen molar-refractivity contribution in [1.29, 1.82) is 0 Å². The fraction of sp³-hybridized carbons (Fsp3) is 0.250. The van der Waals surface area contributed by atoms with Gasteiger partial charge >= 0.3 is 18.4 Å². The van der Waals surface area contributed by atoms with Gasteiger partial charge in [-0.15, -0.1) is 0 Å². The van der Waals surface area contributed by atoms with Crippen LogP contribution in [0, 0.1) is 0 Å². The minimum Gasteiger partial charge on any atom is -0.439 e. The maximum atomic E-state index is 13.2. The lowest BCUT2D eigenvalue weighted by molar-refractivity contribution is -0.143. The number of ether oxygens (including phenoxy) is 1. The van der Waals surface area contributed by atoms with E-state index in [9.17, 15) is 35.9 Å². The van der Waals surface area contributed by atoms with Crippen molar-refractivity contribution in [3.8, 4) is 0 Å². The highest BCUT2D eigenvalue weighted by Crippen LogP contribution is 2.41. The number of carbonyl (C=O) groups is 2. The molecular formula is C24H17F6NO3. The van der Waals surface area contributed by atoms with Gasteiger partial charge in [0.15, 0.2) is 0 Å². The predicted molar refractivity (Wildman–Crippen MR) is 110 cm³/mol. The van der Waals surface area contributed by atoms with Crippen molar-refractivity contribution in [2.24, 2.45) is 0 Å². The van der Waals surface area contributed by atoms with E-state index in [0.29, 0.717) is 17.7 Å². The third kappa shape index (κ3) is 4.44. The Morgan fingerprint density at radius 2 is 1.50 bits per heavy atom. The van der Waals surface area contributed by atoms with E-state index < -0.39 is 53.2 Å². The number of halogens is 6. The molecule has 1 heterocycles. The normalized spacial score (nSPS) is 18.9. The largest absolute Gasteiger partial charge is 0.439 e. The summed E-state index contributed by atoms with van der Waals surface area (Å²) in [6.07, 6.45) is -12.9. The van der Waals surface area contributed by atoms with Crippen LogP contribution in [-0.2, 0) is 28.3 Å². The van der Waals surface area contributed by atoms with Gasteiger partial charge in [-0.25, -0.2) is 9.69 Å². The number of amides is 2. The zero-order chi connectivity index (χ0) is 24.8. The number of fused-ring (bicyclic) bond motifs is 1. The summed E-state index contributed by atoms with van der Waals surface area (Å²) < 4.78 is 84.5. The van der Waals surface area contributed by atoms with Crippen LogP contribution in [0.2, 0.25) is 0 Å². The molecule has 0 spiro atoms. The zero-order valence-electron chi connectivity index (χ0n) is 17.6. The Kier molecular flexibility index (Phi) is 5.79. The molecule has 1 aliphatic rings. The fourth-order valence-corrected chi connectivity index (χ4v) is 4.08. The third-order valence-corrected chi connectivity index (χ3v) is 5.70. The van der Waals surface area contributed by atoms with E-state index in [1.807, 2.05) is 18.2 Å². The van der Waals surface area contributed by atoms with Crippen LogP contribution in [0.3, 0.4) is 0 Å². The van der Waals surface area contributed by atoms with Crippen LogP contribution in [0.1, 0.15) is 35.3 Å². The lowest BCUT2D eigenvalue weighted by Gasteiger charge is -2.21. The summed E-state index contributed by atoms with van der Waals surface area (Å²) in [5.74, 6) is -0.681. The Balaban J connectivity index is 1.65. The van der Waals surface area contributed by atoms with E-state index in [4.69, 9.17) is 4.74 Å². The number of alkyl halides is 6. The predicted octanol–water partition coefficient (Wildman–Crippen LogP) is 6.53. The second kappa shape index (κ2) is 8.34. The van der Waals surface area contributed by atoms with Gasteiger partial charge in [0.25, 0.3) is 0 Å². The molecule has 2 atom stereocenters. The second-order valence-electron chi connectivity index (χ2n) is 7.96. The fourth-order valence-electron chi connectivity index (χ4n) is 4.08. The standard InChI is InChI=1S/C24H17F6NO3/c1-13-21(16-9-17(23(25,26)27)12-18(10-16)24(28,29)30)34-22(33)31(13)20(32)11-15-7-4-6-14-5-2-3-8-19(14)15/h2-10,12-13,21H,11H2,1H3/t13-,21-/m0/s1. The average molecular weight is 481 g/mol. The number of benzene rings is 3. The minimum atomic E-state index is -5.05. The number of hydrogen-bond acceptors (Lipinski definition) is 3. The number of carbonyl (C=O) groups excluding carboxylic acids is 2. The Labute approximate surface area is 189 Å². The summed E-state index contributed by atoms with van der Waals surface area (Å²) in [6.45, 7) is 1.34. The number of nitrogens with zero attached hydrogens (tertiary/aromatic N) is 1. The van der Waals surface area contributed by atoms with E-state index in [-0.39, 0.29) is 12.5 Å². The quantitative estimate of drug-likeness (QED) is 0.400. The van der Waals surface area contributed by atoms with Crippen LogP contribution < -0.4 is 0 Å². The highest BCUT2D eigenvalue weighted by atomic mass is 19.4. The molecule has 34 heavy (non-hydrogen) atoms. The summed E-state index contributed by atoms with van der Waals surface area (Å²) in [7, 11) is 0. The molecule has 0 radical (unpaired) electrons. The van der Waals surface area contributed by atoms with Crippen molar-refractivity contribution in [3.63, 3.8) is 0 Å². The maximum absolute atomic E-state index is 13.2. The molecule has 4 nitrogen and oxygen atoms in total. The molecule has 178 valence electrons. The molecule has 1 fully saturated rings. The van der Waals surface area contributed by atoms with Crippen molar-refractivity contribution in [2.45, 2.75) is 37.8 Å². The molecule has 3 aromatic rings. The summed E-state index contributed by atoms with van der Waals surface area (Å²) in [6, 6.07) is 12.4. The number of hydrogen-bond donors (Lipinski definition) is 0. The van der Waals surface area contributed by atoms with Gasteiger partial charge in [-0.1, -0.05) is 42.5 Å². The van der Waals surface area contributed by atoms with Crippen molar-refractivity contribution in [3.05, 3.63) is 82.9 Å². The molecule has 0 N–H and O–H groups in total. The van der Waals surface area contributed by atoms with Crippen molar-refractivity contribution < 1.29 is 40.7 Å². The van der Waals surface area contributed by atoms with Crippen molar-refractivity contribution in [2.75, 3.05) is 0 Å². The lowest BCUT2D eigenvalue weighted by Crippen LogP contribution is -2.38.